The maximum atomic E-state index is 11.9. The fourth-order valence-corrected chi connectivity index (χ4v) is 2.41. The molecule has 1 aliphatic rings. The van der Waals surface area contributed by atoms with Crippen molar-refractivity contribution in [3.63, 3.8) is 0 Å². The summed E-state index contributed by atoms with van der Waals surface area (Å²) in [4.78, 5) is 25.0. The Morgan fingerprint density at radius 2 is 1.28 bits per heavy atom. The van der Waals surface area contributed by atoms with E-state index in [1.54, 1.807) is 12.1 Å². The van der Waals surface area contributed by atoms with Gasteiger partial charge in [-0.15, -0.1) is 0 Å². The average molecular weight is 240 g/mol. The predicted molar refractivity (Wildman–Crippen MR) is 69.6 cm³/mol. The Balaban J connectivity index is 2.52. The Morgan fingerprint density at radius 1 is 0.889 bits per heavy atom. The zero-order valence-corrected chi connectivity index (χ0v) is 10.3. The molecule has 2 heterocycles. The molecule has 18 heavy (non-hydrogen) atoms. The van der Waals surface area contributed by atoms with Crippen LogP contribution in [0.5, 0.6) is 0 Å². The molecule has 90 valence electrons. The van der Waals surface area contributed by atoms with E-state index in [0.29, 0.717) is 11.1 Å². The number of nitrogens with zero attached hydrogens (tertiary/aromatic N) is 2. The lowest BCUT2D eigenvalue weighted by molar-refractivity contribution is 0.0693. The number of amides is 2. The van der Waals surface area contributed by atoms with Crippen LogP contribution in [0.2, 0.25) is 0 Å². The number of rotatable bonds is 0. The summed E-state index contributed by atoms with van der Waals surface area (Å²) in [6, 6.07) is 3.48. The number of benzene rings is 1. The summed E-state index contributed by atoms with van der Waals surface area (Å²) in [6.45, 7) is 7.94. The van der Waals surface area contributed by atoms with Crippen LogP contribution in [0.3, 0.4) is 0 Å². The Kier molecular flexibility index (Phi) is 1.86. The standard InChI is InChI=1S/C14H12N2O2/c1-7-9-5-11-12(14(18)16(4)13(11)17)6-10(9)8(2)15(7)3/h5-6H,1-2H2,3-4H3. The maximum absolute atomic E-state index is 11.9. The molecule has 0 spiro atoms. The zero-order chi connectivity index (χ0) is 13.2. The number of fused-ring (bicyclic) bond motifs is 2. The number of hydrogen-bond acceptors (Lipinski definition) is 2. The second-order valence-electron chi connectivity index (χ2n) is 4.57. The van der Waals surface area contributed by atoms with E-state index >= 15 is 0 Å². The van der Waals surface area contributed by atoms with Crippen molar-refractivity contribution in [2.45, 2.75) is 0 Å². The van der Waals surface area contributed by atoms with Crippen LogP contribution in [-0.2, 0) is 7.05 Å². The quantitative estimate of drug-likeness (QED) is 0.618. The Morgan fingerprint density at radius 3 is 1.67 bits per heavy atom. The maximum Gasteiger partial charge on any atom is 0.261 e. The second-order valence-corrected chi connectivity index (χ2v) is 4.57. The highest BCUT2D eigenvalue weighted by Crippen LogP contribution is 2.24. The van der Waals surface area contributed by atoms with Gasteiger partial charge in [-0.2, -0.15) is 0 Å². The number of aromatic nitrogens is 1. The normalized spacial score (nSPS) is 14.7. The van der Waals surface area contributed by atoms with Crippen LogP contribution in [0.25, 0.3) is 23.9 Å². The molecule has 0 radical (unpaired) electrons. The Hall–Kier alpha value is -2.36. The van der Waals surface area contributed by atoms with Crippen LogP contribution < -0.4 is 10.7 Å². The molecule has 0 bridgehead atoms. The smallest absolute Gasteiger partial charge is 0.261 e. The highest BCUT2D eigenvalue weighted by molar-refractivity contribution is 6.22. The fraction of sp³-hybridized carbons (Fsp3) is 0.143. The Labute approximate surface area is 103 Å². The van der Waals surface area contributed by atoms with Crippen LogP contribution in [0.15, 0.2) is 12.1 Å². The van der Waals surface area contributed by atoms with Crippen molar-refractivity contribution in [3.8, 4) is 0 Å². The van der Waals surface area contributed by atoms with Crippen LogP contribution in [0.1, 0.15) is 20.7 Å². The molecule has 0 atom stereocenters. The summed E-state index contributed by atoms with van der Waals surface area (Å²) in [5, 5.41) is 3.34. The van der Waals surface area contributed by atoms with Crippen molar-refractivity contribution in [3.05, 3.63) is 34.0 Å². The first-order chi connectivity index (χ1) is 8.43. The SMILES string of the molecule is C=c1c2cc3c(cc2c(=C)n1C)C(=O)N(C)C3=O. The van der Waals surface area contributed by atoms with E-state index in [2.05, 4.69) is 13.2 Å². The zero-order valence-electron chi connectivity index (χ0n) is 10.3. The number of carbonyl (C=O) groups excluding carboxylic acids is 2. The lowest BCUT2D eigenvalue weighted by Crippen LogP contribution is -2.24. The number of hydrogen-bond donors (Lipinski definition) is 0. The van der Waals surface area contributed by atoms with Crippen LogP contribution in [-0.4, -0.2) is 28.3 Å². The van der Waals surface area contributed by atoms with Gasteiger partial charge in [-0.05, 0) is 12.1 Å². The lowest BCUT2D eigenvalue weighted by atomic mass is 10.0. The van der Waals surface area contributed by atoms with Gasteiger partial charge in [0.2, 0.25) is 0 Å². The van der Waals surface area contributed by atoms with Gasteiger partial charge in [-0.25, -0.2) is 0 Å². The van der Waals surface area contributed by atoms with Gasteiger partial charge in [-0.3, -0.25) is 14.5 Å². The molecule has 1 aromatic carbocycles. The van der Waals surface area contributed by atoms with E-state index in [0.717, 1.165) is 26.4 Å². The minimum absolute atomic E-state index is 0.259. The van der Waals surface area contributed by atoms with Crippen molar-refractivity contribution in [1.82, 2.24) is 9.47 Å². The first-order valence-electron chi connectivity index (χ1n) is 5.56. The van der Waals surface area contributed by atoms with Gasteiger partial charge < -0.3 is 4.57 Å². The van der Waals surface area contributed by atoms with E-state index < -0.39 is 0 Å². The average Bonchev–Trinajstić information content (AvgIpc) is 2.71. The van der Waals surface area contributed by atoms with E-state index in [1.165, 1.54) is 7.05 Å². The molecule has 0 saturated heterocycles. The van der Waals surface area contributed by atoms with Gasteiger partial charge in [0.15, 0.2) is 0 Å². The van der Waals surface area contributed by atoms with Crippen molar-refractivity contribution in [2.24, 2.45) is 7.05 Å². The summed E-state index contributed by atoms with van der Waals surface area (Å²) in [7, 11) is 3.36. The summed E-state index contributed by atoms with van der Waals surface area (Å²) in [5.41, 5.74) is 0.899. The number of carbonyl (C=O) groups is 2. The van der Waals surface area contributed by atoms with E-state index in [-0.39, 0.29) is 11.8 Å². The van der Waals surface area contributed by atoms with E-state index in [9.17, 15) is 9.59 Å². The van der Waals surface area contributed by atoms with Gasteiger partial charge in [0.1, 0.15) is 0 Å². The molecule has 4 nitrogen and oxygen atoms in total. The van der Waals surface area contributed by atoms with E-state index in [4.69, 9.17) is 0 Å². The minimum Gasteiger partial charge on any atom is -0.345 e. The van der Waals surface area contributed by atoms with E-state index in [1.807, 2.05) is 11.6 Å². The summed E-state index contributed by atoms with van der Waals surface area (Å²) in [6.07, 6.45) is 0. The highest BCUT2D eigenvalue weighted by Gasteiger charge is 2.33. The van der Waals surface area contributed by atoms with Crippen LogP contribution >= 0.6 is 0 Å². The van der Waals surface area contributed by atoms with Crippen LogP contribution in [0, 0.1) is 0 Å². The van der Waals surface area contributed by atoms with Crippen molar-refractivity contribution < 1.29 is 9.59 Å². The summed E-state index contributed by atoms with van der Waals surface area (Å²) in [5.74, 6) is -0.517. The molecule has 0 unspecified atom stereocenters. The molecule has 2 aromatic rings. The molecule has 2 amide bonds. The first kappa shape index (κ1) is 10.8. The minimum atomic E-state index is -0.259. The molecule has 0 aliphatic carbocycles. The molecule has 0 N–H and O–H groups in total. The Bertz CT molecular complexity index is 763. The van der Waals surface area contributed by atoms with Crippen molar-refractivity contribution in [2.75, 3.05) is 7.05 Å². The molecule has 1 aliphatic heterocycles. The molecule has 1 aromatic heterocycles. The van der Waals surface area contributed by atoms with Crippen LogP contribution in [0.4, 0.5) is 0 Å². The monoisotopic (exact) mass is 240 g/mol. The third-order valence-electron chi connectivity index (χ3n) is 3.66. The van der Waals surface area contributed by atoms with Gasteiger partial charge in [0, 0.05) is 35.6 Å². The van der Waals surface area contributed by atoms with Gasteiger partial charge in [0.05, 0.1) is 11.1 Å². The third-order valence-corrected chi connectivity index (χ3v) is 3.66. The van der Waals surface area contributed by atoms with Gasteiger partial charge in [0.25, 0.3) is 11.8 Å². The highest BCUT2D eigenvalue weighted by atomic mass is 16.2. The number of imide groups is 1. The first-order valence-corrected chi connectivity index (χ1v) is 5.56. The molecule has 3 rings (SSSR count). The fourth-order valence-electron chi connectivity index (χ4n) is 2.41. The largest absolute Gasteiger partial charge is 0.345 e. The topological polar surface area (TPSA) is 42.3 Å². The second kappa shape index (κ2) is 3.10. The summed E-state index contributed by atoms with van der Waals surface area (Å²) >= 11 is 0. The van der Waals surface area contributed by atoms with Gasteiger partial charge in [-0.1, -0.05) is 13.2 Å². The molecular weight excluding hydrogens is 228 g/mol. The lowest BCUT2D eigenvalue weighted by Gasteiger charge is -2.02. The molecule has 0 fully saturated rings. The molecule has 4 heteroatoms. The molecule has 0 saturated carbocycles. The summed E-state index contributed by atoms with van der Waals surface area (Å²) < 4.78 is 1.86. The predicted octanol–water partition coefficient (Wildman–Crippen LogP) is 0.225. The van der Waals surface area contributed by atoms with Crippen molar-refractivity contribution in [1.29, 1.82) is 0 Å². The van der Waals surface area contributed by atoms with Crippen molar-refractivity contribution >= 4 is 35.7 Å². The van der Waals surface area contributed by atoms with Gasteiger partial charge >= 0.3 is 0 Å². The molecular formula is C14H12N2O2. The third kappa shape index (κ3) is 1.05.